The zero-order valence-electron chi connectivity index (χ0n) is 18.7. The molecule has 4 heteroatoms. The topological polar surface area (TPSA) is 52.6 Å². The van der Waals surface area contributed by atoms with Crippen LogP contribution in [0.25, 0.3) is 0 Å². The first-order valence-electron chi connectivity index (χ1n) is 11.6. The number of rotatable bonds is 5. The number of fused-ring (bicyclic) bond motifs is 3. The van der Waals surface area contributed by atoms with Gasteiger partial charge in [0, 0.05) is 5.41 Å². The quantitative estimate of drug-likeness (QED) is 0.453. The van der Waals surface area contributed by atoms with E-state index in [0.29, 0.717) is 28.8 Å². The zero-order chi connectivity index (χ0) is 20.9. The average Bonchev–Trinajstić information content (AvgIpc) is 2.93. The number of hydrogen-bond donors (Lipinski definition) is 0. The van der Waals surface area contributed by atoms with Gasteiger partial charge in [0.05, 0.1) is 26.6 Å². The third kappa shape index (κ3) is 3.45. The second kappa shape index (κ2) is 7.13. The van der Waals surface area contributed by atoms with Gasteiger partial charge in [-0.15, -0.1) is 0 Å². The average molecular weight is 403 g/mol. The predicted octanol–water partition coefficient (Wildman–Crippen LogP) is 5.45. The lowest BCUT2D eigenvalue weighted by molar-refractivity contribution is -0.172. The van der Waals surface area contributed by atoms with Crippen molar-refractivity contribution in [2.75, 3.05) is 13.7 Å². The summed E-state index contributed by atoms with van der Waals surface area (Å²) < 4.78 is 10.4. The van der Waals surface area contributed by atoms with Crippen molar-refractivity contribution in [3.63, 3.8) is 0 Å². The number of methoxy groups -OCH3 is 1. The molecule has 4 aliphatic carbocycles. The fraction of sp³-hybridized carbons (Fsp3) is 0.840. The number of esters is 2. The van der Waals surface area contributed by atoms with Gasteiger partial charge >= 0.3 is 11.9 Å². The highest BCUT2D eigenvalue weighted by atomic mass is 16.5. The van der Waals surface area contributed by atoms with Crippen LogP contribution in [0.15, 0.2) is 12.2 Å². The summed E-state index contributed by atoms with van der Waals surface area (Å²) in [5.41, 5.74) is 1.21. The maximum atomic E-state index is 12.2. The molecule has 3 saturated carbocycles. The van der Waals surface area contributed by atoms with E-state index in [9.17, 15) is 9.59 Å². The number of ether oxygens (including phenoxy) is 2. The number of carbonyl (C=O) groups is 2. The fourth-order valence-electron chi connectivity index (χ4n) is 8.06. The molecule has 3 fully saturated rings. The molecule has 0 unspecified atom stereocenters. The largest absolute Gasteiger partial charge is 0.469 e. The van der Waals surface area contributed by atoms with Crippen LogP contribution < -0.4 is 0 Å². The molecule has 0 aromatic rings. The number of allylic oxidation sites excluding steroid dienone is 2. The van der Waals surface area contributed by atoms with Gasteiger partial charge in [-0.25, -0.2) is 0 Å². The molecule has 4 nitrogen and oxygen atoms in total. The molecule has 162 valence electrons. The normalized spacial score (nSPS) is 45.2. The molecule has 2 bridgehead atoms. The molecule has 0 heterocycles. The molecule has 4 rings (SSSR count). The molecule has 0 aliphatic heterocycles. The Hall–Kier alpha value is -1.32. The first-order valence-corrected chi connectivity index (χ1v) is 11.6. The molecule has 0 saturated heterocycles. The van der Waals surface area contributed by atoms with Crippen LogP contribution in [0, 0.1) is 33.5 Å². The first kappa shape index (κ1) is 20.9. The highest BCUT2D eigenvalue weighted by Gasteiger charge is 2.63. The molecule has 0 N–H and O–H groups in total. The summed E-state index contributed by atoms with van der Waals surface area (Å²) in [5, 5.41) is 0. The number of carbonyl (C=O) groups excluding carboxylic acids is 2. The Balaban J connectivity index is 1.47. The van der Waals surface area contributed by atoms with Gasteiger partial charge in [-0.3, -0.25) is 9.59 Å². The monoisotopic (exact) mass is 402 g/mol. The third-order valence-corrected chi connectivity index (χ3v) is 9.37. The molecule has 0 aromatic heterocycles. The summed E-state index contributed by atoms with van der Waals surface area (Å²) >= 11 is 0. The molecule has 0 radical (unpaired) electrons. The smallest absolute Gasteiger partial charge is 0.306 e. The zero-order valence-corrected chi connectivity index (χ0v) is 18.7. The van der Waals surface area contributed by atoms with Crippen molar-refractivity contribution in [1.82, 2.24) is 0 Å². The Morgan fingerprint density at radius 2 is 1.66 bits per heavy atom. The molecule has 1 spiro atoms. The van der Waals surface area contributed by atoms with Crippen LogP contribution in [-0.4, -0.2) is 25.7 Å². The summed E-state index contributed by atoms with van der Waals surface area (Å²) in [6.07, 6.45) is 15.5. The van der Waals surface area contributed by atoms with Gasteiger partial charge in [0.2, 0.25) is 0 Å². The van der Waals surface area contributed by atoms with Gasteiger partial charge in [0.25, 0.3) is 0 Å². The lowest BCUT2D eigenvalue weighted by Gasteiger charge is -2.64. The van der Waals surface area contributed by atoms with E-state index >= 15 is 0 Å². The summed E-state index contributed by atoms with van der Waals surface area (Å²) in [6, 6.07) is 0. The van der Waals surface area contributed by atoms with E-state index in [-0.39, 0.29) is 30.2 Å². The van der Waals surface area contributed by atoms with Gasteiger partial charge in [-0.05, 0) is 73.0 Å². The minimum absolute atomic E-state index is 0.0403. The van der Waals surface area contributed by atoms with Crippen LogP contribution in [0.5, 0.6) is 0 Å². The molecular weight excluding hydrogens is 364 g/mol. The van der Waals surface area contributed by atoms with E-state index in [4.69, 9.17) is 4.74 Å². The summed E-state index contributed by atoms with van der Waals surface area (Å²) in [7, 11) is 1.35. The summed E-state index contributed by atoms with van der Waals surface area (Å²) in [4.78, 5) is 23.5. The lowest BCUT2D eigenvalue weighted by Crippen LogP contribution is -2.58. The molecule has 0 aromatic carbocycles. The van der Waals surface area contributed by atoms with Crippen molar-refractivity contribution in [2.24, 2.45) is 33.5 Å². The second-order valence-electron chi connectivity index (χ2n) is 11.3. The SMILES string of the molecule is COC(=O)CCC(=O)OC[C@]1(C)CCC[C@]2(C)[C@@H]1CC[C@@]13C=C[C@@](C)(CC[C@@H]12)C3. The van der Waals surface area contributed by atoms with E-state index in [2.05, 4.69) is 37.7 Å². The van der Waals surface area contributed by atoms with E-state index in [1.807, 2.05) is 0 Å². The van der Waals surface area contributed by atoms with Crippen molar-refractivity contribution in [2.45, 2.75) is 85.0 Å². The second-order valence-corrected chi connectivity index (χ2v) is 11.3. The van der Waals surface area contributed by atoms with Gasteiger partial charge in [-0.1, -0.05) is 39.3 Å². The van der Waals surface area contributed by atoms with E-state index in [1.54, 1.807) is 0 Å². The molecule has 0 amide bonds. The summed E-state index contributed by atoms with van der Waals surface area (Å²) in [5.74, 6) is 0.731. The maximum absolute atomic E-state index is 12.2. The minimum Gasteiger partial charge on any atom is -0.469 e. The number of hydrogen-bond acceptors (Lipinski definition) is 4. The highest BCUT2D eigenvalue weighted by molar-refractivity contribution is 5.77. The molecular formula is C25H38O4. The summed E-state index contributed by atoms with van der Waals surface area (Å²) in [6.45, 7) is 7.83. The van der Waals surface area contributed by atoms with Gasteiger partial charge < -0.3 is 9.47 Å². The Morgan fingerprint density at radius 1 is 0.931 bits per heavy atom. The van der Waals surface area contributed by atoms with Crippen molar-refractivity contribution in [3.8, 4) is 0 Å². The van der Waals surface area contributed by atoms with E-state index in [0.717, 1.165) is 12.3 Å². The molecule has 6 atom stereocenters. The van der Waals surface area contributed by atoms with Crippen LogP contribution >= 0.6 is 0 Å². The standard InChI is InChI=1S/C25H38O4/c1-22-12-8-19-24(3)11-5-10-23(2,17-29-21(27)7-6-20(26)28-4)18(24)9-13-25(19,16-22)15-14-22/h14-15,18-19H,5-13,16-17H2,1-4H3/t18-,19-,22-,23+,24-,25+/m1/s1. The fourth-order valence-corrected chi connectivity index (χ4v) is 8.06. The van der Waals surface area contributed by atoms with Gasteiger partial charge in [0.1, 0.15) is 0 Å². The van der Waals surface area contributed by atoms with E-state index < -0.39 is 0 Å². The van der Waals surface area contributed by atoms with Crippen molar-refractivity contribution >= 4 is 11.9 Å². The van der Waals surface area contributed by atoms with E-state index in [1.165, 1.54) is 52.1 Å². The van der Waals surface area contributed by atoms with Crippen molar-refractivity contribution in [1.29, 1.82) is 0 Å². The molecule has 4 aliphatic rings. The third-order valence-electron chi connectivity index (χ3n) is 9.37. The first-order chi connectivity index (χ1) is 13.6. The Bertz CT molecular complexity index is 714. The predicted molar refractivity (Wildman–Crippen MR) is 112 cm³/mol. The van der Waals surface area contributed by atoms with Crippen LogP contribution in [0.1, 0.15) is 85.0 Å². The van der Waals surface area contributed by atoms with Crippen molar-refractivity contribution in [3.05, 3.63) is 12.2 Å². The van der Waals surface area contributed by atoms with Gasteiger partial charge in [0.15, 0.2) is 0 Å². The van der Waals surface area contributed by atoms with Crippen molar-refractivity contribution < 1.29 is 19.1 Å². The van der Waals surface area contributed by atoms with Gasteiger partial charge in [-0.2, -0.15) is 0 Å². The van der Waals surface area contributed by atoms with Crippen LogP contribution in [0.2, 0.25) is 0 Å². The van der Waals surface area contributed by atoms with Crippen LogP contribution in [-0.2, 0) is 19.1 Å². The highest BCUT2D eigenvalue weighted by Crippen LogP contribution is 2.71. The molecule has 29 heavy (non-hydrogen) atoms. The minimum atomic E-state index is -0.357. The maximum Gasteiger partial charge on any atom is 0.306 e. The lowest BCUT2D eigenvalue weighted by atomic mass is 9.40. The Kier molecular flexibility index (Phi) is 5.15. The Labute approximate surface area is 175 Å². The van der Waals surface area contributed by atoms with Crippen LogP contribution in [0.3, 0.4) is 0 Å². The van der Waals surface area contributed by atoms with Crippen LogP contribution in [0.4, 0.5) is 0 Å². The Morgan fingerprint density at radius 3 is 2.41 bits per heavy atom.